The van der Waals surface area contributed by atoms with Crippen molar-refractivity contribution in [3.8, 4) is 21.1 Å². The monoisotopic (exact) mass is 342 g/mol. The molecule has 0 saturated heterocycles. The molecule has 0 fully saturated rings. The normalized spacial score (nSPS) is 12.0. The largest absolute Gasteiger partial charge is 0.458 e. The van der Waals surface area contributed by atoms with Gasteiger partial charge in [0.2, 0.25) is 0 Å². The van der Waals surface area contributed by atoms with E-state index >= 15 is 0 Å². The van der Waals surface area contributed by atoms with Crippen LogP contribution in [0.15, 0.2) is 48.8 Å². The third-order valence-corrected chi connectivity index (χ3v) is 4.51. The van der Waals surface area contributed by atoms with Gasteiger partial charge in [0.15, 0.2) is 0 Å². The molecule has 0 aliphatic heterocycles. The number of esters is 1. The molecule has 0 aliphatic rings. The van der Waals surface area contributed by atoms with Gasteiger partial charge in [0, 0.05) is 24.9 Å². The Morgan fingerprint density at radius 1 is 1.21 bits per heavy atom. The topological polar surface area (TPSA) is 52.1 Å². The zero-order valence-corrected chi connectivity index (χ0v) is 14.0. The van der Waals surface area contributed by atoms with Gasteiger partial charge in [0.1, 0.15) is 16.9 Å². The van der Waals surface area contributed by atoms with E-state index in [9.17, 15) is 9.18 Å². The van der Waals surface area contributed by atoms with Gasteiger partial charge in [-0.05, 0) is 48.9 Å². The van der Waals surface area contributed by atoms with E-state index in [2.05, 4.69) is 9.97 Å². The summed E-state index contributed by atoms with van der Waals surface area (Å²) < 4.78 is 18.2. The Bertz CT molecular complexity index is 861. The van der Waals surface area contributed by atoms with Crippen LogP contribution >= 0.6 is 11.3 Å². The lowest BCUT2D eigenvalue weighted by Gasteiger charge is -2.12. The lowest BCUT2D eigenvalue weighted by atomic mass is 10.1. The molecule has 1 atom stereocenters. The Morgan fingerprint density at radius 3 is 2.67 bits per heavy atom. The molecule has 0 bridgehead atoms. The highest BCUT2D eigenvalue weighted by Gasteiger charge is 2.12. The van der Waals surface area contributed by atoms with E-state index in [1.165, 1.54) is 30.4 Å². The molecule has 0 amide bonds. The van der Waals surface area contributed by atoms with Crippen molar-refractivity contribution >= 4 is 17.3 Å². The number of hydrogen-bond donors (Lipinski definition) is 0. The van der Waals surface area contributed by atoms with Crippen molar-refractivity contribution in [3.05, 3.63) is 60.2 Å². The standard InChI is InChI=1S/C18H15FN2O2S/c1-11(23-12(2)22)14-7-8-20-16(9-14)17-10-21-18(24-17)13-3-5-15(19)6-4-13/h3-11H,1-2H3. The minimum Gasteiger partial charge on any atom is -0.458 e. The number of halogens is 1. The van der Waals surface area contributed by atoms with Gasteiger partial charge >= 0.3 is 5.97 Å². The number of aromatic nitrogens is 2. The molecule has 1 aromatic carbocycles. The molecule has 0 aliphatic carbocycles. The van der Waals surface area contributed by atoms with Gasteiger partial charge in [0.05, 0.1) is 10.6 Å². The van der Waals surface area contributed by atoms with Crippen molar-refractivity contribution in [2.45, 2.75) is 20.0 Å². The van der Waals surface area contributed by atoms with Gasteiger partial charge in [0.25, 0.3) is 0 Å². The van der Waals surface area contributed by atoms with Gasteiger partial charge in [-0.25, -0.2) is 9.37 Å². The first-order valence-electron chi connectivity index (χ1n) is 7.38. The van der Waals surface area contributed by atoms with E-state index in [-0.39, 0.29) is 17.9 Å². The Kier molecular flexibility index (Phi) is 4.66. The van der Waals surface area contributed by atoms with Crippen molar-refractivity contribution in [3.63, 3.8) is 0 Å². The molecule has 2 heterocycles. The number of hydrogen-bond acceptors (Lipinski definition) is 5. The molecule has 4 nitrogen and oxygen atoms in total. The molecule has 1 unspecified atom stereocenters. The smallest absolute Gasteiger partial charge is 0.303 e. The van der Waals surface area contributed by atoms with Gasteiger partial charge < -0.3 is 4.74 Å². The SMILES string of the molecule is CC(=O)OC(C)c1ccnc(-c2cnc(-c3ccc(F)cc3)s2)c1. The summed E-state index contributed by atoms with van der Waals surface area (Å²) in [5.41, 5.74) is 2.49. The summed E-state index contributed by atoms with van der Waals surface area (Å²) in [5.74, 6) is -0.596. The number of pyridine rings is 1. The van der Waals surface area contributed by atoms with E-state index in [1.807, 2.05) is 19.1 Å². The molecule has 24 heavy (non-hydrogen) atoms. The summed E-state index contributed by atoms with van der Waals surface area (Å²) >= 11 is 1.48. The van der Waals surface area contributed by atoms with Crippen LogP contribution in [-0.2, 0) is 9.53 Å². The number of carbonyl (C=O) groups is 1. The Hall–Kier alpha value is -2.60. The highest BCUT2D eigenvalue weighted by atomic mass is 32.1. The second-order valence-electron chi connectivity index (χ2n) is 5.26. The molecule has 0 N–H and O–H groups in total. The zero-order valence-electron chi connectivity index (χ0n) is 13.2. The maximum Gasteiger partial charge on any atom is 0.303 e. The van der Waals surface area contributed by atoms with Crippen LogP contribution in [0.4, 0.5) is 4.39 Å². The van der Waals surface area contributed by atoms with Crippen molar-refractivity contribution in [1.82, 2.24) is 9.97 Å². The second kappa shape index (κ2) is 6.88. The fourth-order valence-electron chi connectivity index (χ4n) is 2.27. The molecule has 3 rings (SSSR count). The Labute approximate surface area is 143 Å². The fraction of sp³-hybridized carbons (Fsp3) is 0.167. The first-order valence-corrected chi connectivity index (χ1v) is 8.20. The van der Waals surface area contributed by atoms with Crippen molar-refractivity contribution < 1.29 is 13.9 Å². The predicted octanol–water partition coefficient (Wildman–Crippen LogP) is 4.64. The number of ether oxygens (including phenoxy) is 1. The van der Waals surface area contributed by atoms with Gasteiger partial charge in [-0.3, -0.25) is 9.78 Å². The maximum atomic E-state index is 13.0. The van der Waals surface area contributed by atoms with E-state index in [4.69, 9.17) is 4.74 Å². The first kappa shape index (κ1) is 16.3. The highest BCUT2D eigenvalue weighted by Crippen LogP contribution is 2.32. The van der Waals surface area contributed by atoms with Crippen LogP contribution in [0, 0.1) is 5.82 Å². The maximum absolute atomic E-state index is 13.0. The van der Waals surface area contributed by atoms with Gasteiger partial charge in [-0.15, -0.1) is 11.3 Å². The van der Waals surface area contributed by atoms with E-state index in [0.29, 0.717) is 0 Å². The van der Waals surface area contributed by atoms with E-state index < -0.39 is 0 Å². The Balaban J connectivity index is 1.87. The average Bonchev–Trinajstić information content (AvgIpc) is 3.05. The molecule has 0 saturated carbocycles. The third kappa shape index (κ3) is 3.65. The first-order chi connectivity index (χ1) is 11.5. The van der Waals surface area contributed by atoms with E-state index in [1.54, 1.807) is 24.5 Å². The number of thiazole rings is 1. The van der Waals surface area contributed by atoms with Crippen LogP contribution in [0.2, 0.25) is 0 Å². The second-order valence-corrected chi connectivity index (χ2v) is 6.29. The molecule has 3 aromatic rings. The molecular weight excluding hydrogens is 327 g/mol. The summed E-state index contributed by atoms with van der Waals surface area (Å²) in [7, 11) is 0. The van der Waals surface area contributed by atoms with Gasteiger partial charge in [-0.1, -0.05) is 0 Å². The minimum atomic E-state index is -0.339. The van der Waals surface area contributed by atoms with E-state index in [0.717, 1.165) is 26.7 Å². The lowest BCUT2D eigenvalue weighted by Crippen LogP contribution is -2.05. The van der Waals surface area contributed by atoms with Crippen LogP contribution in [0.25, 0.3) is 21.1 Å². The molecule has 2 aromatic heterocycles. The quantitative estimate of drug-likeness (QED) is 0.648. The Morgan fingerprint density at radius 2 is 1.96 bits per heavy atom. The highest BCUT2D eigenvalue weighted by molar-refractivity contribution is 7.18. The van der Waals surface area contributed by atoms with Crippen LogP contribution < -0.4 is 0 Å². The lowest BCUT2D eigenvalue weighted by molar-refractivity contribution is -0.145. The van der Waals surface area contributed by atoms with Crippen molar-refractivity contribution in [2.75, 3.05) is 0 Å². The number of nitrogens with zero attached hydrogens (tertiary/aromatic N) is 2. The van der Waals surface area contributed by atoms with Crippen molar-refractivity contribution in [2.24, 2.45) is 0 Å². The molecule has 0 spiro atoms. The van der Waals surface area contributed by atoms with Crippen LogP contribution in [0.3, 0.4) is 0 Å². The average molecular weight is 342 g/mol. The van der Waals surface area contributed by atoms with Gasteiger partial charge in [-0.2, -0.15) is 0 Å². The number of benzene rings is 1. The fourth-order valence-corrected chi connectivity index (χ4v) is 3.16. The summed E-state index contributed by atoms with van der Waals surface area (Å²) in [6.07, 6.45) is 3.09. The zero-order chi connectivity index (χ0) is 17.1. The molecule has 0 radical (unpaired) electrons. The third-order valence-electron chi connectivity index (χ3n) is 3.45. The molecular formula is C18H15FN2O2S. The summed E-state index contributed by atoms with van der Waals surface area (Å²) in [6, 6.07) is 9.93. The van der Waals surface area contributed by atoms with Crippen LogP contribution in [0.5, 0.6) is 0 Å². The molecule has 122 valence electrons. The summed E-state index contributed by atoms with van der Waals surface area (Å²) in [4.78, 5) is 20.7. The van der Waals surface area contributed by atoms with Crippen LogP contribution in [-0.4, -0.2) is 15.9 Å². The van der Waals surface area contributed by atoms with Crippen molar-refractivity contribution in [1.29, 1.82) is 0 Å². The molecule has 6 heteroatoms. The van der Waals surface area contributed by atoms with Crippen LogP contribution in [0.1, 0.15) is 25.5 Å². The predicted molar refractivity (Wildman–Crippen MR) is 90.9 cm³/mol. The summed E-state index contributed by atoms with van der Waals surface area (Å²) in [6.45, 7) is 3.20. The number of carbonyl (C=O) groups excluding carboxylic acids is 1. The number of rotatable bonds is 4. The summed E-state index contributed by atoms with van der Waals surface area (Å²) in [5, 5.41) is 0.797. The minimum absolute atomic E-state index is 0.274.